The van der Waals surface area contributed by atoms with Crippen LogP contribution in [0.25, 0.3) is 0 Å². The van der Waals surface area contributed by atoms with Gasteiger partial charge in [0.2, 0.25) is 0 Å². The van der Waals surface area contributed by atoms with Crippen molar-refractivity contribution in [2.45, 2.75) is 26.3 Å². The summed E-state index contributed by atoms with van der Waals surface area (Å²) in [6.45, 7) is 3.77. The van der Waals surface area contributed by atoms with Crippen LogP contribution in [0.2, 0.25) is 0 Å². The second-order valence-electron chi connectivity index (χ2n) is 2.96. The molecule has 1 saturated heterocycles. The molecule has 2 atom stereocenters. The Morgan fingerprint density at radius 2 is 2.25 bits per heavy atom. The highest BCUT2D eigenvalue weighted by molar-refractivity contribution is 6.02. The standard InChI is InChI=1S/C7H12N2O3/c1-3-4(2)5-6(10)9(12)7(11)8-5/h4-5,12H,3H2,1-2H3,(H,8,11)/t4-,5-/m0/s1. The van der Waals surface area contributed by atoms with Gasteiger partial charge in [-0.1, -0.05) is 20.3 Å². The monoisotopic (exact) mass is 172 g/mol. The van der Waals surface area contributed by atoms with E-state index < -0.39 is 18.0 Å². The molecule has 1 aliphatic heterocycles. The zero-order valence-electron chi connectivity index (χ0n) is 7.07. The molecule has 0 unspecified atom stereocenters. The van der Waals surface area contributed by atoms with Crippen LogP contribution >= 0.6 is 0 Å². The summed E-state index contributed by atoms with van der Waals surface area (Å²) in [6.07, 6.45) is 0.782. The summed E-state index contributed by atoms with van der Waals surface area (Å²) in [6, 6.07) is -1.29. The highest BCUT2D eigenvalue weighted by atomic mass is 16.5. The third kappa shape index (κ3) is 1.27. The van der Waals surface area contributed by atoms with E-state index in [4.69, 9.17) is 5.21 Å². The number of amides is 3. The van der Waals surface area contributed by atoms with E-state index in [2.05, 4.69) is 5.32 Å². The molecule has 0 aromatic rings. The van der Waals surface area contributed by atoms with Gasteiger partial charge in [0.25, 0.3) is 5.91 Å². The SMILES string of the molecule is CC[C@H](C)[C@@H]1NC(=O)N(O)C1=O. The Morgan fingerprint density at radius 1 is 1.67 bits per heavy atom. The van der Waals surface area contributed by atoms with Crippen molar-refractivity contribution in [3.63, 3.8) is 0 Å². The minimum absolute atomic E-state index is 0.0543. The molecule has 1 heterocycles. The van der Waals surface area contributed by atoms with Gasteiger partial charge in [0.15, 0.2) is 0 Å². The van der Waals surface area contributed by atoms with E-state index in [9.17, 15) is 9.59 Å². The smallest absolute Gasteiger partial charge is 0.324 e. The van der Waals surface area contributed by atoms with Gasteiger partial charge in [-0.05, 0) is 5.92 Å². The first-order valence-electron chi connectivity index (χ1n) is 3.91. The minimum atomic E-state index is -0.731. The lowest BCUT2D eigenvalue weighted by molar-refractivity contribution is -0.150. The summed E-state index contributed by atoms with van der Waals surface area (Å²) in [5.74, 6) is -0.507. The summed E-state index contributed by atoms with van der Waals surface area (Å²) < 4.78 is 0. The average Bonchev–Trinajstić information content (AvgIpc) is 2.32. The molecule has 12 heavy (non-hydrogen) atoms. The number of hydrogen-bond donors (Lipinski definition) is 2. The molecule has 0 saturated carbocycles. The predicted molar refractivity (Wildman–Crippen MR) is 40.4 cm³/mol. The third-order valence-electron chi connectivity index (χ3n) is 2.16. The van der Waals surface area contributed by atoms with Crippen molar-refractivity contribution in [3.05, 3.63) is 0 Å². The van der Waals surface area contributed by atoms with Gasteiger partial charge >= 0.3 is 6.03 Å². The molecule has 2 N–H and O–H groups in total. The van der Waals surface area contributed by atoms with E-state index in [1.54, 1.807) is 0 Å². The molecule has 0 aliphatic carbocycles. The third-order valence-corrected chi connectivity index (χ3v) is 2.16. The van der Waals surface area contributed by atoms with Crippen LogP contribution in [0, 0.1) is 5.92 Å². The highest BCUT2D eigenvalue weighted by Gasteiger charge is 2.39. The largest absolute Gasteiger partial charge is 0.349 e. The van der Waals surface area contributed by atoms with E-state index >= 15 is 0 Å². The van der Waals surface area contributed by atoms with Crippen LogP contribution in [0.15, 0.2) is 0 Å². The summed E-state index contributed by atoms with van der Waals surface area (Å²) >= 11 is 0. The van der Waals surface area contributed by atoms with Gasteiger partial charge in [0.05, 0.1) is 0 Å². The van der Waals surface area contributed by atoms with Crippen molar-refractivity contribution in [1.29, 1.82) is 0 Å². The van der Waals surface area contributed by atoms with Gasteiger partial charge in [-0.25, -0.2) is 4.79 Å². The first-order valence-corrected chi connectivity index (χ1v) is 3.91. The normalized spacial score (nSPS) is 25.9. The molecule has 1 aliphatic rings. The second kappa shape index (κ2) is 3.10. The fraction of sp³-hybridized carbons (Fsp3) is 0.714. The van der Waals surface area contributed by atoms with Gasteiger partial charge in [-0.2, -0.15) is 0 Å². The van der Waals surface area contributed by atoms with E-state index in [0.29, 0.717) is 0 Å². The Morgan fingerprint density at radius 3 is 2.58 bits per heavy atom. The van der Waals surface area contributed by atoms with Crippen molar-refractivity contribution in [2.75, 3.05) is 0 Å². The van der Waals surface area contributed by atoms with E-state index in [1.165, 1.54) is 0 Å². The number of hydrogen-bond acceptors (Lipinski definition) is 3. The van der Waals surface area contributed by atoms with Gasteiger partial charge in [0, 0.05) is 0 Å². The molecule has 5 heteroatoms. The molecule has 5 nitrogen and oxygen atoms in total. The van der Waals surface area contributed by atoms with E-state index in [0.717, 1.165) is 6.42 Å². The summed E-state index contributed by atoms with van der Waals surface area (Å²) in [5, 5.41) is 11.4. The van der Waals surface area contributed by atoms with Crippen LogP contribution in [0.3, 0.4) is 0 Å². The molecule has 1 rings (SSSR count). The number of carbonyl (C=O) groups excluding carboxylic acids is 2. The van der Waals surface area contributed by atoms with Gasteiger partial charge < -0.3 is 5.32 Å². The quantitative estimate of drug-likeness (QED) is 0.466. The lowest BCUT2D eigenvalue weighted by Gasteiger charge is -2.13. The number of rotatable bonds is 2. The maximum absolute atomic E-state index is 11.1. The molecular formula is C7H12N2O3. The maximum atomic E-state index is 11.1. The first-order chi connectivity index (χ1) is 5.57. The summed E-state index contributed by atoms with van der Waals surface area (Å²) in [4.78, 5) is 21.9. The number of carbonyl (C=O) groups is 2. The fourth-order valence-corrected chi connectivity index (χ4v) is 1.11. The molecule has 0 bridgehead atoms. The highest BCUT2D eigenvalue weighted by Crippen LogP contribution is 2.14. The molecule has 1 fully saturated rings. The minimum Gasteiger partial charge on any atom is -0.324 e. The molecule has 68 valence electrons. The van der Waals surface area contributed by atoms with Crippen molar-refractivity contribution in [3.8, 4) is 0 Å². The number of hydroxylamine groups is 2. The molecular weight excluding hydrogens is 160 g/mol. The first kappa shape index (κ1) is 8.99. The lowest BCUT2D eigenvalue weighted by atomic mass is 10.00. The van der Waals surface area contributed by atoms with Gasteiger partial charge in [0.1, 0.15) is 6.04 Å². The van der Waals surface area contributed by atoms with Crippen LogP contribution in [0.1, 0.15) is 20.3 Å². The zero-order chi connectivity index (χ0) is 9.30. The Labute approximate surface area is 70.3 Å². The molecule has 0 aromatic carbocycles. The van der Waals surface area contributed by atoms with Crippen LogP contribution < -0.4 is 5.32 Å². The Balaban J connectivity index is 2.71. The van der Waals surface area contributed by atoms with Gasteiger partial charge in [-0.3, -0.25) is 10.0 Å². The number of nitrogens with one attached hydrogen (secondary N) is 1. The van der Waals surface area contributed by atoms with Crippen LogP contribution in [0.5, 0.6) is 0 Å². The molecule has 0 aromatic heterocycles. The molecule has 3 amide bonds. The van der Waals surface area contributed by atoms with Crippen molar-refractivity contribution in [2.24, 2.45) is 5.92 Å². The van der Waals surface area contributed by atoms with Crippen LogP contribution in [-0.4, -0.2) is 28.3 Å². The molecule has 0 spiro atoms. The van der Waals surface area contributed by atoms with Crippen molar-refractivity contribution >= 4 is 11.9 Å². The second-order valence-corrected chi connectivity index (χ2v) is 2.96. The van der Waals surface area contributed by atoms with Crippen LogP contribution in [0.4, 0.5) is 4.79 Å². The van der Waals surface area contributed by atoms with E-state index in [1.807, 2.05) is 13.8 Å². The Hall–Kier alpha value is -1.10. The Bertz CT molecular complexity index is 217. The topological polar surface area (TPSA) is 69.6 Å². The average molecular weight is 172 g/mol. The zero-order valence-corrected chi connectivity index (χ0v) is 7.07. The summed E-state index contributed by atoms with van der Waals surface area (Å²) in [5.41, 5.74) is 0. The number of imide groups is 1. The molecule has 0 radical (unpaired) electrons. The maximum Gasteiger partial charge on any atom is 0.349 e. The Kier molecular flexibility index (Phi) is 2.32. The van der Waals surface area contributed by atoms with E-state index in [-0.39, 0.29) is 11.0 Å². The van der Waals surface area contributed by atoms with Crippen molar-refractivity contribution in [1.82, 2.24) is 10.4 Å². The van der Waals surface area contributed by atoms with Crippen molar-refractivity contribution < 1.29 is 14.8 Å². The lowest BCUT2D eigenvalue weighted by Crippen LogP contribution is -2.35. The van der Waals surface area contributed by atoms with Crippen LogP contribution in [-0.2, 0) is 4.79 Å². The number of urea groups is 1. The summed E-state index contributed by atoms with van der Waals surface area (Å²) in [7, 11) is 0. The predicted octanol–water partition coefficient (Wildman–Crippen LogP) is 0.342. The number of nitrogens with zero attached hydrogens (tertiary/aromatic N) is 1. The fourth-order valence-electron chi connectivity index (χ4n) is 1.11. The van der Waals surface area contributed by atoms with Gasteiger partial charge in [-0.15, -0.1) is 5.06 Å².